The third-order valence-electron chi connectivity index (χ3n) is 4.97. The van der Waals surface area contributed by atoms with Gasteiger partial charge in [-0.05, 0) is 48.5 Å². The number of hydrogen-bond donors (Lipinski definition) is 0. The molecule has 0 radical (unpaired) electrons. The molecule has 31 heavy (non-hydrogen) atoms. The van der Waals surface area contributed by atoms with Crippen LogP contribution in [0.4, 0.5) is 14.6 Å². The molecule has 0 aliphatic carbocycles. The molecule has 0 N–H and O–H groups in total. The number of carbonyl (C=O) groups excluding carboxylic acids is 1. The Labute approximate surface area is 179 Å². The van der Waals surface area contributed by atoms with E-state index in [0.717, 1.165) is 18.2 Å². The number of anilines is 1. The normalized spacial score (nSPS) is 16.1. The number of carbonyl (C=O) groups is 1. The predicted molar refractivity (Wildman–Crippen MR) is 113 cm³/mol. The number of aromatic nitrogens is 3. The van der Waals surface area contributed by atoms with E-state index in [1.165, 1.54) is 16.7 Å². The maximum atomic E-state index is 14.4. The first-order valence-corrected chi connectivity index (χ1v) is 10.3. The lowest BCUT2D eigenvalue weighted by molar-refractivity contribution is -0.115. The van der Waals surface area contributed by atoms with Crippen LogP contribution in [0.1, 0.15) is 16.5 Å². The lowest BCUT2D eigenvalue weighted by Crippen LogP contribution is -2.29. The Morgan fingerprint density at radius 1 is 1.13 bits per heavy atom. The molecule has 1 amide bonds. The number of halogens is 2. The van der Waals surface area contributed by atoms with Crippen LogP contribution in [0.3, 0.4) is 0 Å². The third-order valence-corrected chi connectivity index (χ3v) is 6.17. The molecule has 152 valence electrons. The van der Waals surface area contributed by atoms with Crippen molar-refractivity contribution in [1.29, 1.82) is 5.26 Å². The minimum Gasteiger partial charge on any atom is -0.283 e. The van der Waals surface area contributed by atoms with E-state index in [0.29, 0.717) is 28.2 Å². The molecule has 2 aromatic carbocycles. The first kappa shape index (κ1) is 19.2. The summed E-state index contributed by atoms with van der Waals surface area (Å²) < 4.78 is 29.9. The van der Waals surface area contributed by atoms with Crippen LogP contribution in [-0.2, 0) is 4.79 Å². The third kappa shape index (κ3) is 3.31. The van der Waals surface area contributed by atoms with E-state index in [1.807, 2.05) is 6.07 Å². The van der Waals surface area contributed by atoms with Gasteiger partial charge in [0.05, 0.1) is 17.4 Å². The number of hydrogen-bond acceptors (Lipinski definition) is 5. The smallest absolute Gasteiger partial charge is 0.239 e. The highest BCUT2D eigenvalue weighted by atomic mass is 32.2. The van der Waals surface area contributed by atoms with Gasteiger partial charge in [-0.1, -0.05) is 6.07 Å². The molecule has 6 nitrogen and oxygen atoms in total. The highest BCUT2D eigenvalue weighted by Gasteiger charge is 2.37. The summed E-state index contributed by atoms with van der Waals surface area (Å²) in [6, 6.07) is 15.6. The van der Waals surface area contributed by atoms with Gasteiger partial charge in [-0.25, -0.2) is 18.7 Å². The molecule has 0 bridgehead atoms. The number of pyridine rings is 1. The number of fused-ring (bicyclic) bond motifs is 1. The van der Waals surface area contributed by atoms with Crippen LogP contribution in [0.5, 0.6) is 0 Å². The second kappa shape index (κ2) is 7.49. The summed E-state index contributed by atoms with van der Waals surface area (Å²) in [6.07, 6.45) is 1.59. The standard InChI is InChI=1S/C22H13F2N5OS/c23-14-4-5-17(24)16(9-14)22-29(20(30)11-31-22)19-7-6-18-21(27-19)28(12-26-18)15-3-1-2-13(8-15)10-25/h1-9,12,22H,11H2. The quantitative estimate of drug-likeness (QED) is 0.480. The van der Waals surface area contributed by atoms with Gasteiger partial charge in [-0.15, -0.1) is 11.8 Å². The van der Waals surface area contributed by atoms with Crippen LogP contribution in [0.15, 0.2) is 60.9 Å². The zero-order valence-corrected chi connectivity index (χ0v) is 16.7. The van der Waals surface area contributed by atoms with Gasteiger partial charge in [0.25, 0.3) is 0 Å². The summed E-state index contributed by atoms with van der Waals surface area (Å²) in [5.41, 5.74) is 2.35. The van der Waals surface area contributed by atoms with E-state index in [2.05, 4.69) is 16.0 Å². The molecule has 1 atom stereocenters. The fraction of sp³-hybridized carbons (Fsp3) is 0.0909. The van der Waals surface area contributed by atoms with Crippen molar-refractivity contribution in [2.45, 2.75) is 5.37 Å². The molecule has 9 heteroatoms. The van der Waals surface area contributed by atoms with Crippen molar-refractivity contribution < 1.29 is 13.6 Å². The summed E-state index contributed by atoms with van der Waals surface area (Å²) in [7, 11) is 0. The molecule has 1 fully saturated rings. The number of nitrogens with zero attached hydrogens (tertiary/aromatic N) is 5. The second-order valence-electron chi connectivity index (χ2n) is 6.88. The number of amides is 1. The zero-order valence-electron chi connectivity index (χ0n) is 15.9. The van der Waals surface area contributed by atoms with E-state index in [9.17, 15) is 18.8 Å². The summed E-state index contributed by atoms with van der Waals surface area (Å²) >= 11 is 1.21. The fourth-order valence-corrected chi connectivity index (χ4v) is 4.71. The number of rotatable bonds is 3. The number of thioether (sulfide) groups is 1. The highest BCUT2D eigenvalue weighted by Crippen LogP contribution is 2.42. The van der Waals surface area contributed by atoms with Crippen LogP contribution in [0.2, 0.25) is 0 Å². The molecule has 2 aromatic heterocycles. The van der Waals surface area contributed by atoms with Crippen molar-refractivity contribution in [3.8, 4) is 11.8 Å². The van der Waals surface area contributed by atoms with Gasteiger partial charge in [-0.2, -0.15) is 5.26 Å². The molecule has 1 aliphatic heterocycles. The first-order valence-electron chi connectivity index (χ1n) is 9.28. The Kier molecular flexibility index (Phi) is 4.64. The molecule has 1 aliphatic rings. The lowest BCUT2D eigenvalue weighted by atomic mass is 10.2. The minimum atomic E-state index is -0.730. The van der Waals surface area contributed by atoms with Gasteiger partial charge in [0.2, 0.25) is 5.91 Å². The Morgan fingerprint density at radius 3 is 2.84 bits per heavy atom. The Balaban J connectivity index is 1.61. The van der Waals surface area contributed by atoms with Crippen molar-refractivity contribution in [2.75, 3.05) is 10.7 Å². The monoisotopic (exact) mass is 433 g/mol. The molecule has 1 saturated heterocycles. The highest BCUT2D eigenvalue weighted by molar-refractivity contribution is 8.00. The zero-order chi connectivity index (χ0) is 21.5. The van der Waals surface area contributed by atoms with Gasteiger partial charge in [-0.3, -0.25) is 14.3 Å². The molecular formula is C22H13F2N5OS. The Morgan fingerprint density at radius 2 is 2.00 bits per heavy atom. The second-order valence-corrected chi connectivity index (χ2v) is 7.95. The van der Waals surface area contributed by atoms with Gasteiger partial charge < -0.3 is 0 Å². The summed E-state index contributed by atoms with van der Waals surface area (Å²) in [4.78, 5) is 23.0. The minimum absolute atomic E-state index is 0.0907. The van der Waals surface area contributed by atoms with Crippen molar-refractivity contribution in [2.24, 2.45) is 0 Å². The van der Waals surface area contributed by atoms with Crippen LogP contribution in [-0.4, -0.2) is 26.2 Å². The topological polar surface area (TPSA) is 74.8 Å². The molecule has 5 rings (SSSR count). The lowest BCUT2D eigenvalue weighted by Gasteiger charge is -2.23. The van der Waals surface area contributed by atoms with E-state index < -0.39 is 17.0 Å². The maximum absolute atomic E-state index is 14.4. The Bertz CT molecular complexity index is 1380. The average molecular weight is 433 g/mol. The molecule has 0 saturated carbocycles. The summed E-state index contributed by atoms with van der Waals surface area (Å²) in [6.45, 7) is 0. The van der Waals surface area contributed by atoms with Crippen LogP contribution >= 0.6 is 11.8 Å². The van der Waals surface area contributed by atoms with Gasteiger partial charge in [0.15, 0.2) is 5.65 Å². The van der Waals surface area contributed by atoms with Crippen molar-refractivity contribution in [1.82, 2.24) is 14.5 Å². The number of imidazole rings is 1. The summed E-state index contributed by atoms with van der Waals surface area (Å²) in [5.74, 6) is -0.963. The number of nitriles is 1. The van der Waals surface area contributed by atoms with Crippen molar-refractivity contribution >= 4 is 34.7 Å². The SMILES string of the molecule is N#Cc1cccc(-n2cnc3ccc(N4C(=O)CSC4c4cc(F)ccc4F)nc32)c1. The molecule has 4 aromatic rings. The fourth-order valence-electron chi connectivity index (χ4n) is 3.54. The van der Waals surface area contributed by atoms with E-state index in [-0.39, 0.29) is 17.2 Å². The van der Waals surface area contributed by atoms with Gasteiger partial charge in [0, 0.05) is 11.3 Å². The number of benzene rings is 2. The van der Waals surface area contributed by atoms with Gasteiger partial charge >= 0.3 is 0 Å². The van der Waals surface area contributed by atoms with E-state index in [1.54, 1.807) is 41.2 Å². The largest absolute Gasteiger partial charge is 0.283 e. The molecule has 0 spiro atoms. The molecule has 3 heterocycles. The average Bonchev–Trinajstić information content (AvgIpc) is 3.38. The first-order chi connectivity index (χ1) is 15.0. The van der Waals surface area contributed by atoms with E-state index >= 15 is 0 Å². The summed E-state index contributed by atoms with van der Waals surface area (Å²) in [5, 5.41) is 8.44. The predicted octanol–water partition coefficient (Wildman–Crippen LogP) is 4.35. The van der Waals surface area contributed by atoms with Crippen LogP contribution in [0.25, 0.3) is 16.9 Å². The van der Waals surface area contributed by atoms with Crippen molar-refractivity contribution in [3.63, 3.8) is 0 Å². The van der Waals surface area contributed by atoms with Gasteiger partial charge in [0.1, 0.15) is 34.7 Å². The van der Waals surface area contributed by atoms with Crippen molar-refractivity contribution in [3.05, 3.63) is 83.7 Å². The van der Waals surface area contributed by atoms with E-state index in [4.69, 9.17) is 0 Å². The maximum Gasteiger partial charge on any atom is 0.239 e. The Hall–Kier alpha value is -3.77. The van der Waals surface area contributed by atoms with Crippen LogP contribution in [0, 0.1) is 23.0 Å². The molecular weight excluding hydrogens is 420 g/mol. The molecule has 1 unspecified atom stereocenters. The van der Waals surface area contributed by atoms with Crippen LogP contribution < -0.4 is 4.90 Å².